The van der Waals surface area contributed by atoms with Gasteiger partial charge in [-0.05, 0) is 0 Å². The Balaban J connectivity index is 2.48. The zero-order chi connectivity index (χ0) is 8.97. The van der Waals surface area contributed by atoms with Gasteiger partial charge in [0.05, 0.1) is 25.0 Å². The van der Waals surface area contributed by atoms with Crippen molar-refractivity contribution in [1.29, 1.82) is 0 Å². The summed E-state index contributed by atoms with van der Waals surface area (Å²) in [6, 6.07) is 0. The smallest absolute Gasteiger partial charge is 0.258 e. The van der Waals surface area contributed by atoms with Gasteiger partial charge >= 0.3 is 15.7 Å². The molecule has 0 radical (unpaired) electrons. The van der Waals surface area contributed by atoms with Crippen molar-refractivity contribution in [2.24, 2.45) is 14.1 Å². The van der Waals surface area contributed by atoms with Crippen molar-refractivity contribution >= 4 is 27.7 Å². The fraction of sp³-hybridized carbons (Fsp3) is 0.667. The molecule has 1 aliphatic heterocycles. The predicted molar refractivity (Wildman–Crippen MR) is 40.8 cm³/mol. The summed E-state index contributed by atoms with van der Waals surface area (Å²) in [4.78, 5) is 10.9. The predicted octanol–water partition coefficient (Wildman–Crippen LogP) is 0.500. The lowest BCUT2D eigenvalue weighted by atomic mass is 10.7. The summed E-state index contributed by atoms with van der Waals surface area (Å²) in [6.45, 7) is 0.833. The molecule has 0 bridgehead atoms. The van der Waals surface area contributed by atoms with E-state index in [1.807, 2.05) is 0 Å². The summed E-state index contributed by atoms with van der Waals surface area (Å²) in [5.41, 5.74) is 0. The normalized spacial score (nSPS) is 14.8. The molecular formula is C3H4N4O3S2. The average molecular weight is 208 g/mol. The number of carbonyl (C=O) groups excluding carboxylic acids is 1. The van der Waals surface area contributed by atoms with Crippen molar-refractivity contribution in [3.63, 3.8) is 0 Å². The molecule has 1 rings (SSSR count). The Labute approximate surface area is 73.7 Å². The van der Waals surface area contributed by atoms with E-state index in [4.69, 9.17) is 0 Å². The van der Waals surface area contributed by atoms with Crippen LogP contribution in [0, 0.1) is 0 Å². The minimum Gasteiger partial charge on any atom is -0.258 e. The Morgan fingerprint density at radius 1 is 1.58 bits per heavy atom. The molecule has 12 heavy (non-hydrogen) atoms. The molecule has 0 unspecified atom stereocenters. The van der Waals surface area contributed by atoms with Crippen LogP contribution in [0.3, 0.4) is 0 Å². The van der Waals surface area contributed by atoms with E-state index in [-0.39, 0.29) is 0 Å². The van der Waals surface area contributed by atoms with Gasteiger partial charge in [0.1, 0.15) is 0 Å². The van der Waals surface area contributed by atoms with Crippen molar-refractivity contribution in [1.82, 2.24) is 5.01 Å². The van der Waals surface area contributed by atoms with Crippen LogP contribution in [0.15, 0.2) is 14.1 Å². The standard InChI is InChI=1S/C3H4N4O3S2/c8-3(11-6-12(9)10)7-2-1-4-5-7/h1-2H2. The van der Waals surface area contributed by atoms with Crippen molar-refractivity contribution < 1.29 is 13.2 Å². The molecule has 0 aliphatic carbocycles. The molecule has 1 aliphatic rings. The topological polar surface area (TPSA) is 91.5 Å². The van der Waals surface area contributed by atoms with E-state index in [2.05, 4.69) is 14.1 Å². The number of rotatable bonds is 1. The molecule has 0 atom stereocenters. The molecule has 0 aromatic rings. The number of hydrogen-bond acceptors (Lipinski definition) is 7. The second-order valence-electron chi connectivity index (χ2n) is 1.73. The first kappa shape index (κ1) is 9.13. The fourth-order valence-corrected chi connectivity index (χ4v) is 1.26. The molecule has 1 amide bonds. The van der Waals surface area contributed by atoms with Crippen molar-refractivity contribution in [3.05, 3.63) is 0 Å². The van der Waals surface area contributed by atoms with Gasteiger partial charge in [-0.1, -0.05) is 8.99 Å². The summed E-state index contributed by atoms with van der Waals surface area (Å²) < 4.78 is 22.7. The van der Waals surface area contributed by atoms with E-state index in [1.54, 1.807) is 0 Å². The van der Waals surface area contributed by atoms with Gasteiger partial charge in [-0.2, -0.15) is 13.5 Å². The maximum absolute atomic E-state index is 10.9. The van der Waals surface area contributed by atoms with Crippen LogP contribution in [0.2, 0.25) is 0 Å². The Hall–Kier alpha value is -0.960. The first-order valence-corrected chi connectivity index (χ1v) is 4.67. The van der Waals surface area contributed by atoms with Crippen molar-refractivity contribution in [2.75, 3.05) is 13.1 Å². The first-order valence-electron chi connectivity index (χ1n) is 2.86. The third kappa shape index (κ3) is 2.58. The van der Waals surface area contributed by atoms with E-state index in [0.29, 0.717) is 25.0 Å². The van der Waals surface area contributed by atoms with Gasteiger partial charge in [0.25, 0.3) is 0 Å². The minimum atomic E-state index is -2.57. The fourth-order valence-electron chi connectivity index (χ4n) is 0.542. The lowest BCUT2D eigenvalue weighted by Gasteiger charge is -2.03. The summed E-state index contributed by atoms with van der Waals surface area (Å²) >= 11 is 0.327. The van der Waals surface area contributed by atoms with Crippen LogP contribution in [0.5, 0.6) is 0 Å². The van der Waals surface area contributed by atoms with E-state index in [1.165, 1.54) is 0 Å². The number of amides is 1. The number of hydrogen-bond donors (Lipinski definition) is 0. The molecule has 0 aromatic carbocycles. The van der Waals surface area contributed by atoms with E-state index in [9.17, 15) is 13.2 Å². The third-order valence-electron chi connectivity index (χ3n) is 0.970. The Morgan fingerprint density at radius 3 is 2.83 bits per heavy atom. The Kier molecular flexibility index (Phi) is 3.17. The molecule has 0 N–H and O–H groups in total. The second kappa shape index (κ2) is 4.16. The molecule has 66 valence electrons. The largest absolute Gasteiger partial charge is 0.326 e. The maximum atomic E-state index is 10.9. The summed E-state index contributed by atoms with van der Waals surface area (Å²) in [5, 5.41) is 7.49. The van der Waals surface area contributed by atoms with Gasteiger partial charge in [-0.25, -0.2) is 5.01 Å². The van der Waals surface area contributed by atoms with Crippen molar-refractivity contribution in [2.45, 2.75) is 0 Å². The van der Waals surface area contributed by atoms with Gasteiger partial charge in [0.15, 0.2) is 0 Å². The summed E-state index contributed by atoms with van der Waals surface area (Å²) in [6.07, 6.45) is 0. The van der Waals surface area contributed by atoms with Crippen LogP contribution in [-0.2, 0) is 10.5 Å². The van der Waals surface area contributed by atoms with Crippen LogP contribution in [-0.4, -0.2) is 31.8 Å². The zero-order valence-electron chi connectivity index (χ0n) is 5.74. The Morgan fingerprint density at radius 2 is 2.33 bits per heavy atom. The maximum Gasteiger partial charge on any atom is 0.326 e. The highest BCUT2D eigenvalue weighted by atomic mass is 32.2. The molecule has 0 fully saturated rings. The second-order valence-corrected chi connectivity index (χ2v) is 3.29. The van der Waals surface area contributed by atoms with Crippen LogP contribution in [0.1, 0.15) is 0 Å². The average Bonchev–Trinajstić information content (AvgIpc) is 2.51. The molecule has 7 nitrogen and oxygen atoms in total. The van der Waals surface area contributed by atoms with Crippen LogP contribution in [0.25, 0.3) is 0 Å². The third-order valence-corrected chi connectivity index (χ3v) is 2.12. The van der Waals surface area contributed by atoms with Gasteiger partial charge in [-0.3, -0.25) is 4.79 Å². The highest BCUT2D eigenvalue weighted by Gasteiger charge is 2.16. The zero-order valence-corrected chi connectivity index (χ0v) is 7.38. The van der Waals surface area contributed by atoms with Crippen LogP contribution < -0.4 is 0 Å². The van der Waals surface area contributed by atoms with E-state index >= 15 is 0 Å². The van der Waals surface area contributed by atoms with Crippen LogP contribution >= 0.6 is 11.9 Å². The highest BCUT2D eigenvalue weighted by Crippen LogP contribution is 2.12. The number of nitrogens with zero attached hydrogens (tertiary/aromatic N) is 4. The van der Waals surface area contributed by atoms with Gasteiger partial charge in [-0.15, -0.1) is 0 Å². The lowest BCUT2D eigenvalue weighted by molar-refractivity contribution is 0.230. The summed E-state index contributed by atoms with van der Waals surface area (Å²) in [5.74, 6) is 0. The molecule has 0 saturated heterocycles. The quantitative estimate of drug-likeness (QED) is 0.586. The van der Waals surface area contributed by atoms with Crippen LogP contribution in [0.4, 0.5) is 4.79 Å². The monoisotopic (exact) mass is 208 g/mol. The van der Waals surface area contributed by atoms with Crippen molar-refractivity contribution in [3.8, 4) is 0 Å². The van der Waals surface area contributed by atoms with Gasteiger partial charge < -0.3 is 0 Å². The molecule has 0 aromatic heterocycles. The molecule has 9 heteroatoms. The molecular weight excluding hydrogens is 204 g/mol. The lowest BCUT2D eigenvalue weighted by Crippen LogP contribution is -2.19. The van der Waals surface area contributed by atoms with Gasteiger partial charge in [0, 0.05) is 0 Å². The minimum absolute atomic E-state index is 0.327. The Bertz CT molecular complexity index is 325. The highest BCUT2D eigenvalue weighted by molar-refractivity contribution is 8.14. The molecule has 1 heterocycles. The number of carbonyl (C=O) groups is 1. The molecule has 0 saturated carbocycles. The first-order chi connectivity index (χ1) is 5.70. The summed E-state index contributed by atoms with van der Waals surface area (Å²) in [7, 11) is -2.57. The van der Waals surface area contributed by atoms with E-state index < -0.39 is 15.7 Å². The molecule has 0 spiro atoms. The van der Waals surface area contributed by atoms with Gasteiger partial charge in [0.2, 0.25) is 0 Å². The SMILES string of the molecule is O=C(SN=S(=O)=O)N1CCN=N1. The van der Waals surface area contributed by atoms with E-state index in [0.717, 1.165) is 5.01 Å².